The van der Waals surface area contributed by atoms with Gasteiger partial charge in [0.1, 0.15) is 0 Å². The van der Waals surface area contributed by atoms with Crippen molar-refractivity contribution in [2.24, 2.45) is 5.92 Å². The number of allylic oxidation sites excluding steroid dienone is 2. The number of anilines is 1. The maximum Gasteiger partial charge on any atom is 0.418 e. The Balaban J connectivity index is 1.83. The molecule has 0 radical (unpaired) electrons. The highest BCUT2D eigenvalue weighted by Crippen LogP contribution is 2.54. The van der Waals surface area contributed by atoms with Crippen LogP contribution in [0.1, 0.15) is 35.1 Å². The normalized spacial score (nSPS) is 23.5. The molecule has 140 valence electrons. The fourth-order valence-corrected chi connectivity index (χ4v) is 4.32. The molecule has 0 unspecified atom stereocenters. The highest BCUT2D eigenvalue weighted by Gasteiger charge is 2.44. The van der Waals surface area contributed by atoms with E-state index in [2.05, 4.69) is 5.32 Å². The molecule has 0 aromatic heterocycles. The van der Waals surface area contributed by atoms with Gasteiger partial charge in [0.2, 0.25) is 0 Å². The molecule has 1 heterocycles. The molecular weight excluding hydrogens is 381 g/mol. The van der Waals surface area contributed by atoms with Crippen LogP contribution in [0.4, 0.5) is 24.5 Å². The van der Waals surface area contributed by atoms with Gasteiger partial charge < -0.3 is 5.32 Å². The predicted molar refractivity (Wildman–Crippen MR) is 95.9 cm³/mol. The zero-order valence-corrected chi connectivity index (χ0v) is 14.6. The van der Waals surface area contributed by atoms with E-state index in [1.54, 1.807) is 12.1 Å². The lowest BCUT2D eigenvalue weighted by Crippen LogP contribution is -2.31. The van der Waals surface area contributed by atoms with Gasteiger partial charge in [-0.15, -0.1) is 0 Å². The van der Waals surface area contributed by atoms with Gasteiger partial charge in [-0.1, -0.05) is 35.9 Å². The van der Waals surface area contributed by atoms with Gasteiger partial charge in [0.25, 0.3) is 5.69 Å². The smallest absolute Gasteiger partial charge is 0.377 e. The molecule has 0 amide bonds. The SMILES string of the molecule is O=[N+]([O-])c1ccc([C@@H]2Nc3c(C(F)(F)F)ccc(Cl)c3[C@@H]3C=CC[C@@H]32)cc1. The van der Waals surface area contributed by atoms with Crippen molar-refractivity contribution in [3.8, 4) is 0 Å². The number of nitrogens with one attached hydrogen (secondary N) is 1. The second kappa shape index (κ2) is 6.27. The van der Waals surface area contributed by atoms with Crippen LogP contribution in [0.25, 0.3) is 0 Å². The average molecular weight is 395 g/mol. The van der Waals surface area contributed by atoms with Crippen LogP contribution in [-0.2, 0) is 6.18 Å². The summed E-state index contributed by atoms with van der Waals surface area (Å²) < 4.78 is 40.6. The number of halogens is 4. The Morgan fingerprint density at radius 2 is 1.85 bits per heavy atom. The van der Waals surface area contributed by atoms with Crippen molar-refractivity contribution in [3.63, 3.8) is 0 Å². The van der Waals surface area contributed by atoms with E-state index in [1.807, 2.05) is 12.2 Å². The molecule has 4 rings (SSSR count). The molecule has 4 nitrogen and oxygen atoms in total. The van der Waals surface area contributed by atoms with Crippen LogP contribution in [0.2, 0.25) is 5.02 Å². The van der Waals surface area contributed by atoms with Crippen LogP contribution in [0, 0.1) is 16.0 Å². The number of nitro groups is 1. The third kappa shape index (κ3) is 2.96. The lowest BCUT2D eigenvalue weighted by atomic mass is 9.76. The summed E-state index contributed by atoms with van der Waals surface area (Å²) in [6.07, 6.45) is 0.0119. The number of nitrogens with zero attached hydrogens (tertiary/aromatic N) is 1. The molecule has 2 aromatic carbocycles. The summed E-state index contributed by atoms with van der Waals surface area (Å²) in [7, 11) is 0. The first kappa shape index (κ1) is 17.9. The second-order valence-electron chi connectivity index (χ2n) is 6.71. The van der Waals surface area contributed by atoms with Crippen LogP contribution in [0.3, 0.4) is 0 Å². The Labute approximate surface area is 157 Å². The predicted octanol–water partition coefficient (Wildman–Crippen LogP) is 6.09. The van der Waals surface area contributed by atoms with Crippen molar-refractivity contribution in [2.45, 2.75) is 24.6 Å². The third-order valence-electron chi connectivity index (χ3n) is 5.23. The largest absolute Gasteiger partial charge is 0.418 e. The Bertz CT molecular complexity index is 941. The van der Waals surface area contributed by atoms with E-state index in [9.17, 15) is 23.3 Å². The molecule has 2 aromatic rings. The zero-order valence-electron chi connectivity index (χ0n) is 13.8. The minimum Gasteiger partial charge on any atom is -0.377 e. The fourth-order valence-electron chi connectivity index (χ4n) is 4.03. The Morgan fingerprint density at radius 3 is 2.48 bits per heavy atom. The van der Waals surface area contributed by atoms with Crippen molar-refractivity contribution in [3.05, 3.63) is 80.4 Å². The highest BCUT2D eigenvalue weighted by molar-refractivity contribution is 6.32. The summed E-state index contributed by atoms with van der Waals surface area (Å²) in [4.78, 5) is 10.4. The molecule has 3 atom stereocenters. The number of fused-ring (bicyclic) bond motifs is 3. The summed E-state index contributed by atoms with van der Waals surface area (Å²) >= 11 is 6.26. The lowest BCUT2D eigenvalue weighted by Gasteiger charge is -2.39. The van der Waals surface area contributed by atoms with Crippen LogP contribution in [0.15, 0.2) is 48.6 Å². The van der Waals surface area contributed by atoms with Crippen molar-refractivity contribution in [2.75, 3.05) is 5.32 Å². The number of hydrogen-bond donors (Lipinski definition) is 1. The first-order chi connectivity index (χ1) is 12.8. The highest BCUT2D eigenvalue weighted by atomic mass is 35.5. The first-order valence-electron chi connectivity index (χ1n) is 8.34. The van der Waals surface area contributed by atoms with Gasteiger partial charge in [-0.25, -0.2) is 0 Å². The van der Waals surface area contributed by atoms with Gasteiger partial charge in [0, 0.05) is 28.6 Å². The summed E-state index contributed by atoms with van der Waals surface area (Å²) in [5.41, 5.74) is 0.343. The van der Waals surface area contributed by atoms with Gasteiger partial charge in [-0.05, 0) is 30.0 Å². The number of rotatable bonds is 2. The molecule has 0 fully saturated rings. The average Bonchev–Trinajstić information content (AvgIpc) is 3.09. The van der Waals surface area contributed by atoms with E-state index in [1.165, 1.54) is 18.2 Å². The van der Waals surface area contributed by atoms with Crippen molar-refractivity contribution in [1.29, 1.82) is 0 Å². The molecule has 0 bridgehead atoms. The molecule has 8 heteroatoms. The number of non-ortho nitro benzene ring substituents is 1. The van der Waals surface area contributed by atoms with Gasteiger partial charge >= 0.3 is 6.18 Å². The number of hydrogen-bond acceptors (Lipinski definition) is 3. The van der Waals surface area contributed by atoms with E-state index in [-0.39, 0.29) is 23.2 Å². The number of nitro benzene ring substituents is 1. The topological polar surface area (TPSA) is 55.2 Å². The fraction of sp³-hybridized carbons (Fsp3) is 0.263. The third-order valence-corrected chi connectivity index (χ3v) is 5.56. The van der Waals surface area contributed by atoms with Crippen LogP contribution in [-0.4, -0.2) is 4.92 Å². The van der Waals surface area contributed by atoms with Crippen molar-refractivity contribution >= 4 is 23.0 Å². The van der Waals surface area contributed by atoms with Crippen molar-refractivity contribution < 1.29 is 18.1 Å². The van der Waals surface area contributed by atoms with E-state index in [0.717, 1.165) is 6.07 Å². The summed E-state index contributed by atoms with van der Waals surface area (Å²) in [5.74, 6) is -0.254. The summed E-state index contributed by atoms with van der Waals surface area (Å²) in [5, 5.41) is 14.2. The summed E-state index contributed by atoms with van der Waals surface area (Å²) in [6.45, 7) is 0. The van der Waals surface area contributed by atoms with Gasteiger partial charge in [-0.2, -0.15) is 13.2 Å². The van der Waals surface area contributed by atoms with Crippen LogP contribution < -0.4 is 5.32 Å². The Hall–Kier alpha value is -2.54. The molecule has 2 aliphatic rings. The maximum absolute atomic E-state index is 13.5. The second-order valence-corrected chi connectivity index (χ2v) is 7.11. The van der Waals surface area contributed by atoms with Gasteiger partial charge in [0.15, 0.2) is 0 Å². The number of benzene rings is 2. The standard InChI is InChI=1S/C19H14ClF3N2O2/c20-15-9-8-14(19(21,22)23)18-16(15)12-2-1-3-13(12)17(24-18)10-4-6-11(7-5-10)25(26)27/h1-2,4-9,12-13,17,24H,3H2/t12-,13+,17+/m1/s1. The van der Waals surface area contributed by atoms with E-state index < -0.39 is 22.7 Å². The minimum absolute atomic E-state index is 0.00819. The first-order valence-corrected chi connectivity index (χ1v) is 8.72. The minimum atomic E-state index is -4.52. The van der Waals surface area contributed by atoms with E-state index in [0.29, 0.717) is 22.6 Å². The maximum atomic E-state index is 13.5. The monoisotopic (exact) mass is 394 g/mol. The van der Waals surface area contributed by atoms with E-state index in [4.69, 9.17) is 11.6 Å². The lowest BCUT2D eigenvalue weighted by molar-refractivity contribution is -0.384. The molecule has 1 N–H and O–H groups in total. The quantitative estimate of drug-likeness (QED) is 0.380. The molecule has 27 heavy (non-hydrogen) atoms. The molecule has 1 aliphatic carbocycles. The molecule has 0 saturated heterocycles. The van der Waals surface area contributed by atoms with Crippen molar-refractivity contribution in [1.82, 2.24) is 0 Å². The Morgan fingerprint density at radius 1 is 1.15 bits per heavy atom. The van der Waals surface area contributed by atoms with Gasteiger partial charge in [0.05, 0.1) is 22.2 Å². The van der Waals surface area contributed by atoms with E-state index >= 15 is 0 Å². The molecule has 1 aliphatic heterocycles. The molecule has 0 saturated carbocycles. The summed E-state index contributed by atoms with van der Waals surface area (Å²) in [6, 6.07) is 7.79. The number of alkyl halides is 3. The Kier molecular flexibility index (Phi) is 4.14. The van der Waals surface area contributed by atoms with Crippen LogP contribution in [0.5, 0.6) is 0 Å². The van der Waals surface area contributed by atoms with Gasteiger partial charge in [-0.3, -0.25) is 10.1 Å². The molecule has 0 spiro atoms. The molecular formula is C19H14ClF3N2O2. The zero-order chi connectivity index (χ0) is 19.3. The van der Waals surface area contributed by atoms with Crippen LogP contribution >= 0.6 is 11.6 Å².